The number of nitrogens with one attached hydrogen (secondary N) is 1. The fourth-order valence-corrected chi connectivity index (χ4v) is 3.30. The number of pyridine rings is 1. The summed E-state index contributed by atoms with van der Waals surface area (Å²) in [6.07, 6.45) is 3.62. The molecular formula is C19H23BrClN3O2. The minimum atomic E-state index is -0.159. The molecule has 0 saturated carbocycles. The lowest BCUT2D eigenvalue weighted by atomic mass is 10.1. The first kappa shape index (κ1) is 20.7. The number of hydrogen-bond donors (Lipinski definition) is 1. The molecule has 26 heavy (non-hydrogen) atoms. The van der Waals surface area contributed by atoms with Crippen LogP contribution in [0.5, 0.6) is 5.75 Å². The van der Waals surface area contributed by atoms with Crippen LogP contribution in [0.25, 0.3) is 0 Å². The summed E-state index contributed by atoms with van der Waals surface area (Å²) in [6.45, 7) is 4.59. The van der Waals surface area contributed by atoms with Crippen molar-refractivity contribution in [1.29, 1.82) is 0 Å². The van der Waals surface area contributed by atoms with Crippen LogP contribution in [0.3, 0.4) is 0 Å². The number of carbonyl (C=O) groups is 1. The predicted molar refractivity (Wildman–Crippen MR) is 109 cm³/mol. The number of rotatable bonds is 5. The van der Waals surface area contributed by atoms with Crippen molar-refractivity contribution in [3.05, 3.63) is 51.8 Å². The van der Waals surface area contributed by atoms with Crippen LogP contribution < -0.4 is 10.1 Å². The van der Waals surface area contributed by atoms with Crippen molar-refractivity contribution in [3.63, 3.8) is 0 Å². The van der Waals surface area contributed by atoms with E-state index in [1.165, 1.54) is 5.56 Å². The second-order valence-electron chi connectivity index (χ2n) is 6.27. The Balaban J connectivity index is 0.00000243. The molecule has 0 aliphatic carbocycles. The molecule has 1 aliphatic heterocycles. The van der Waals surface area contributed by atoms with Gasteiger partial charge in [-0.2, -0.15) is 0 Å². The van der Waals surface area contributed by atoms with Crippen LogP contribution >= 0.6 is 28.3 Å². The maximum atomic E-state index is 12.5. The molecule has 0 saturated heterocycles. The van der Waals surface area contributed by atoms with Crippen molar-refractivity contribution >= 4 is 39.9 Å². The molecule has 7 heteroatoms. The number of ether oxygens (including phenoxy) is 1. The highest BCUT2D eigenvalue weighted by Gasteiger charge is 2.16. The number of aromatic nitrogens is 1. The molecule has 5 nitrogen and oxygen atoms in total. The summed E-state index contributed by atoms with van der Waals surface area (Å²) in [6, 6.07) is 7.38. The molecule has 0 atom stereocenters. The maximum Gasteiger partial charge on any atom is 0.255 e. The van der Waals surface area contributed by atoms with Crippen LogP contribution in [0.4, 0.5) is 5.69 Å². The molecule has 0 bridgehead atoms. The lowest BCUT2D eigenvalue weighted by Crippen LogP contribution is -2.27. The maximum absolute atomic E-state index is 12.5. The summed E-state index contributed by atoms with van der Waals surface area (Å²) in [4.78, 5) is 19.3. The van der Waals surface area contributed by atoms with Crippen LogP contribution in [0.1, 0.15) is 35.0 Å². The molecule has 1 aromatic carbocycles. The molecule has 0 unspecified atom stereocenters. The summed E-state index contributed by atoms with van der Waals surface area (Å²) in [5.41, 5.74) is 3.60. The third kappa shape index (κ3) is 4.96. The van der Waals surface area contributed by atoms with Crippen LogP contribution in [-0.4, -0.2) is 36.0 Å². The largest absolute Gasteiger partial charge is 0.492 e. The Labute approximate surface area is 168 Å². The first-order valence-electron chi connectivity index (χ1n) is 8.47. The van der Waals surface area contributed by atoms with Gasteiger partial charge in [-0.05, 0) is 59.2 Å². The fourth-order valence-electron chi connectivity index (χ4n) is 2.81. The van der Waals surface area contributed by atoms with Gasteiger partial charge in [0.15, 0.2) is 0 Å². The fraction of sp³-hybridized carbons (Fsp3) is 0.368. The number of carbonyl (C=O) groups excluding carboxylic acids is 1. The number of amides is 1. The lowest BCUT2D eigenvalue weighted by Gasteiger charge is -2.24. The van der Waals surface area contributed by atoms with E-state index in [1.807, 2.05) is 12.1 Å². The van der Waals surface area contributed by atoms with Gasteiger partial charge in [-0.1, -0.05) is 6.92 Å². The molecule has 1 aliphatic rings. The van der Waals surface area contributed by atoms with Gasteiger partial charge in [0.1, 0.15) is 5.75 Å². The monoisotopic (exact) mass is 439 g/mol. The van der Waals surface area contributed by atoms with Gasteiger partial charge in [0.05, 0.1) is 23.0 Å². The van der Waals surface area contributed by atoms with Crippen molar-refractivity contribution in [2.24, 2.45) is 0 Å². The topological polar surface area (TPSA) is 54.5 Å². The molecular weight excluding hydrogens is 418 g/mol. The lowest BCUT2D eigenvalue weighted by molar-refractivity contribution is 0.102. The normalized spacial score (nSPS) is 13.5. The summed E-state index contributed by atoms with van der Waals surface area (Å²) in [5, 5.41) is 2.93. The van der Waals surface area contributed by atoms with Gasteiger partial charge in [0.2, 0.25) is 0 Å². The molecule has 1 N–H and O–H groups in total. The SMILES string of the molecule is CCCOc1ccc(C(=O)Nc2cnc3c(c2)CN(C)CC3)cc1Br.Cl. The Morgan fingerprint density at radius 3 is 2.92 bits per heavy atom. The van der Waals surface area contributed by atoms with Crippen molar-refractivity contribution in [2.45, 2.75) is 26.3 Å². The highest BCUT2D eigenvalue weighted by molar-refractivity contribution is 9.10. The average molecular weight is 441 g/mol. The van der Waals surface area contributed by atoms with E-state index in [-0.39, 0.29) is 18.3 Å². The van der Waals surface area contributed by atoms with Gasteiger partial charge in [-0.15, -0.1) is 12.4 Å². The van der Waals surface area contributed by atoms with Gasteiger partial charge < -0.3 is 15.0 Å². The van der Waals surface area contributed by atoms with E-state index in [9.17, 15) is 4.79 Å². The molecule has 140 valence electrons. The summed E-state index contributed by atoms with van der Waals surface area (Å²) < 4.78 is 6.39. The third-order valence-corrected chi connectivity index (χ3v) is 4.76. The van der Waals surface area contributed by atoms with E-state index in [0.29, 0.717) is 12.2 Å². The van der Waals surface area contributed by atoms with Crippen molar-refractivity contribution in [1.82, 2.24) is 9.88 Å². The van der Waals surface area contributed by atoms with Gasteiger partial charge in [0.25, 0.3) is 5.91 Å². The van der Waals surface area contributed by atoms with Crippen molar-refractivity contribution in [2.75, 3.05) is 25.5 Å². The first-order valence-corrected chi connectivity index (χ1v) is 9.26. The molecule has 0 fully saturated rings. The Hall–Kier alpha value is -1.63. The minimum absolute atomic E-state index is 0. The Morgan fingerprint density at radius 2 is 2.19 bits per heavy atom. The van der Waals surface area contributed by atoms with E-state index < -0.39 is 0 Å². The Morgan fingerprint density at radius 1 is 1.38 bits per heavy atom. The van der Waals surface area contributed by atoms with E-state index >= 15 is 0 Å². The van der Waals surface area contributed by atoms with Crippen LogP contribution in [0.2, 0.25) is 0 Å². The number of likely N-dealkylation sites (N-methyl/N-ethyl adjacent to an activating group) is 1. The molecule has 1 aromatic heterocycles. The van der Waals surface area contributed by atoms with Crippen molar-refractivity contribution in [3.8, 4) is 5.75 Å². The standard InChI is InChI=1S/C19H22BrN3O2.ClH/c1-3-8-25-18-5-4-13(10-16(18)20)19(24)22-15-9-14-12-23(2)7-6-17(14)21-11-15;/h4-5,9-11H,3,6-8,12H2,1-2H3,(H,22,24);1H. The Kier molecular flexibility index (Phi) is 7.43. The first-order chi connectivity index (χ1) is 12.1. The summed E-state index contributed by atoms with van der Waals surface area (Å²) in [7, 11) is 2.09. The number of halogens is 2. The highest BCUT2D eigenvalue weighted by atomic mass is 79.9. The zero-order valence-corrected chi connectivity index (χ0v) is 17.3. The van der Waals surface area contributed by atoms with Crippen LogP contribution in [-0.2, 0) is 13.0 Å². The van der Waals surface area contributed by atoms with Gasteiger partial charge >= 0.3 is 0 Å². The number of hydrogen-bond acceptors (Lipinski definition) is 4. The minimum Gasteiger partial charge on any atom is -0.492 e. The molecule has 3 rings (SSSR count). The number of anilines is 1. The second-order valence-corrected chi connectivity index (χ2v) is 7.12. The Bertz CT molecular complexity index is 785. The van der Waals surface area contributed by atoms with Crippen molar-refractivity contribution < 1.29 is 9.53 Å². The van der Waals surface area contributed by atoms with Crippen LogP contribution in [0, 0.1) is 0 Å². The third-order valence-electron chi connectivity index (χ3n) is 4.14. The smallest absolute Gasteiger partial charge is 0.255 e. The molecule has 0 radical (unpaired) electrons. The second kappa shape index (κ2) is 9.35. The average Bonchev–Trinajstić information content (AvgIpc) is 2.60. The molecule has 1 amide bonds. The van der Waals surface area contributed by atoms with Gasteiger partial charge in [-0.3, -0.25) is 9.78 Å². The molecule has 0 spiro atoms. The highest BCUT2D eigenvalue weighted by Crippen LogP contribution is 2.27. The number of fused-ring (bicyclic) bond motifs is 1. The molecule has 2 aromatic rings. The summed E-state index contributed by atoms with van der Waals surface area (Å²) >= 11 is 3.46. The number of benzene rings is 1. The van der Waals surface area contributed by atoms with Gasteiger partial charge in [0, 0.05) is 30.8 Å². The predicted octanol–water partition coefficient (Wildman–Crippen LogP) is 4.29. The molecule has 2 heterocycles. The van der Waals surface area contributed by atoms with Gasteiger partial charge in [-0.25, -0.2) is 0 Å². The van der Waals surface area contributed by atoms with E-state index in [1.54, 1.807) is 18.3 Å². The van der Waals surface area contributed by atoms with E-state index in [0.717, 1.165) is 47.5 Å². The van der Waals surface area contributed by atoms with E-state index in [4.69, 9.17) is 4.74 Å². The zero-order chi connectivity index (χ0) is 17.8. The quantitative estimate of drug-likeness (QED) is 0.753. The number of nitrogens with zero attached hydrogens (tertiary/aromatic N) is 2. The van der Waals surface area contributed by atoms with Crippen LogP contribution in [0.15, 0.2) is 34.9 Å². The summed E-state index contributed by atoms with van der Waals surface area (Å²) in [5.74, 6) is 0.588. The van der Waals surface area contributed by atoms with E-state index in [2.05, 4.69) is 45.1 Å². The zero-order valence-electron chi connectivity index (χ0n) is 14.9.